The molecule has 0 aliphatic rings. The van der Waals surface area contributed by atoms with Gasteiger partial charge in [0.05, 0.1) is 20.0 Å². The predicted molar refractivity (Wildman–Crippen MR) is 103 cm³/mol. The Balaban J connectivity index is 2.15. The molecule has 2 rings (SSSR count). The van der Waals surface area contributed by atoms with Crippen LogP contribution < -0.4 is 19.5 Å². The number of carbonyl (C=O) groups is 1. The smallest absolute Gasteiger partial charge is 0.255 e. The van der Waals surface area contributed by atoms with E-state index < -0.39 is 10.0 Å². The maximum absolute atomic E-state index is 12.5. The zero-order valence-electron chi connectivity index (χ0n) is 15.3. The van der Waals surface area contributed by atoms with Gasteiger partial charge in [-0.05, 0) is 30.3 Å². The molecule has 2 aromatic rings. The summed E-state index contributed by atoms with van der Waals surface area (Å²) in [5.41, 5.74) is 1.12. The molecule has 0 unspecified atom stereocenters. The molecule has 9 heteroatoms. The van der Waals surface area contributed by atoms with E-state index in [1.165, 1.54) is 13.2 Å². The normalized spacial score (nSPS) is 10.9. The van der Waals surface area contributed by atoms with Crippen LogP contribution in [0.15, 0.2) is 42.5 Å². The third-order valence-electron chi connectivity index (χ3n) is 3.39. The highest BCUT2D eigenvalue weighted by Gasteiger charge is 2.11. The number of benzene rings is 2. The molecule has 0 heterocycles. The van der Waals surface area contributed by atoms with Gasteiger partial charge in [0.25, 0.3) is 5.91 Å². The minimum Gasteiger partial charge on any atom is -0.493 e. The number of hydrogen-bond donors (Lipinski definition) is 2. The maximum Gasteiger partial charge on any atom is 0.255 e. The molecule has 0 fully saturated rings. The lowest BCUT2D eigenvalue weighted by Crippen LogP contribution is -2.14. The number of hydrogen-bond acceptors (Lipinski definition) is 6. The molecule has 0 spiro atoms. The second-order valence-corrected chi connectivity index (χ2v) is 7.36. The van der Waals surface area contributed by atoms with Crippen LogP contribution in [0.4, 0.5) is 11.4 Å². The Morgan fingerprint density at radius 3 is 2.44 bits per heavy atom. The molecule has 0 aliphatic carbocycles. The van der Waals surface area contributed by atoms with Crippen molar-refractivity contribution in [1.29, 1.82) is 0 Å². The largest absolute Gasteiger partial charge is 0.493 e. The molecule has 146 valence electrons. The highest BCUT2D eigenvalue weighted by Crippen LogP contribution is 2.30. The minimum atomic E-state index is -3.43. The fraction of sp³-hybridized carbons (Fsp3) is 0.278. The van der Waals surface area contributed by atoms with Crippen molar-refractivity contribution in [2.45, 2.75) is 0 Å². The maximum atomic E-state index is 12.5. The first-order chi connectivity index (χ1) is 12.8. The van der Waals surface area contributed by atoms with E-state index >= 15 is 0 Å². The van der Waals surface area contributed by atoms with Crippen LogP contribution in [-0.4, -0.2) is 48.0 Å². The summed E-state index contributed by atoms with van der Waals surface area (Å²) in [4.78, 5) is 12.5. The van der Waals surface area contributed by atoms with E-state index in [0.717, 1.165) is 6.26 Å². The summed E-state index contributed by atoms with van der Waals surface area (Å²) >= 11 is 0. The van der Waals surface area contributed by atoms with Crippen molar-refractivity contribution in [2.75, 3.05) is 43.7 Å². The van der Waals surface area contributed by atoms with Crippen molar-refractivity contribution < 1.29 is 27.4 Å². The van der Waals surface area contributed by atoms with Gasteiger partial charge in [0.1, 0.15) is 6.61 Å². The first-order valence-corrected chi connectivity index (χ1v) is 9.90. The predicted octanol–water partition coefficient (Wildman–Crippen LogP) is 2.34. The summed E-state index contributed by atoms with van der Waals surface area (Å²) in [6, 6.07) is 11.2. The molecular formula is C18H22N2O6S. The summed E-state index contributed by atoms with van der Waals surface area (Å²) in [7, 11) is -0.327. The zero-order chi connectivity index (χ0) is 19.9. The van der Waals surface area contributed by atoms with Crippen LogP contribution in [0.25, 0.3) is 0 Å². The molecular weight excluding hydrogens is 372 g/mol. The second-order valence-electron chi connectivity index (χ2n) is 5.62. The number of anilines is 2. The van der Waals surface area contributed by atoms with E-state index in [1.54, 1.807) is 43.5 Å². The quantitative estimate of drug-likeness (QED) is 0.633. The fourth-order valence-corrected chi connectivity index (χ4v) is 2.80. The molecule has 2 aromatic carbocycles. The first kappa shape index (κ1) is 20.5. The topological polar surface area (TPSA) is 103 Å². The lowest BCUT2D eigenvalue weighted by Gasteiger charge is -2.13. The molecule has 0 bridgehead atoms. The van der Waals surface area contributed by atoms with Crippen LogP contribution in [0.2, 0.25) is 0 Å². The van der Waals surface area contributed by atoms with Crippen LogP contribution in [0.3, 0.4) is 0 Å². The van der Waals surface area contributed by atoms with E-state index in [4.69, 9.17) is 14.2 Å². The molecule has 2 N–H and O–H groups in total. The van der Waals surface area contributed by atoms with Gasteiger partial charge in [-0.2, -0.15) is 0 Å². The monoisotopic (exact) mass is 394 g/mol. The van der Waals surface area contributed by atoms with Gasteiger partial charge in [-0.3, -0.25) is 9.52 Å². The summed E-state index contributed by atoms with van der Waals surface area (Å²) in [6.07, 6.45) is 1.04. The summed E-state index contributed by atoms with van der Waals surface area (Å²) in [5, 5.41) is 2.75. The standard InChI is InChI=1S/C18H22N2O6S/c1-24-9-10-26-17-12-14(7-8-16(17)25-2)19-18(21)13-5-4-6-15(11-13)20-27(3,22)23/h4-8,11-12,20H,9-10H2,1-3H3,(H,19,21). The number of ether oxygens (including phenoxy) is 3. The Kier molecular flexibility index (Phi) is 7.03. The highest BCUT2D eigenvalue weighted by molar-refractivity contribution is 7.92. The Morgan fingerprint density at radius 1 is 1.00 bits per heavy atom. The number of rotatable bonds is 9. The Labute approximate surface area is 158 Å². The first-order valence-electron chi connectivity index (χ1n) is 8.01. The molecule has 0 atom stereocenters. The van der Waals surface area contributed by atoms with E-state index in [1.807, 2.05) is 0 Å². The van der Waals surface area contributed by atoms with Crippen molar-refractivity contribution in [3.63, 3.8) is 0 Å². The molecule has 0 aromatic heterocycles. The number of methoxy groups -OCH3 is 2. The van der Waals surface area contributed by atoms with E-state index in [-0.39, 0.29) is 5.91 Å². The molecule has 8 nitrogen and oxygen atoms in total. The van der Waals surface area contributed by atoms with Gasteiger partial charge in [0, 0.05) is 30.1 Å². The Bertz CT molecular complexity index is 898. The van der Waals surface area contributed by atoms with E-state index in [9.17, 15) is 13.2 Å². The molecule has 0 saturated heterocycles. The van der Waals surface area contributed by atoms with E-state index in [0.29, 0.717) is 41.7 Å². The van der Waals surface area contributed by atoms with Crippen molar-refractivity contribution >= 4 is 27.3 Å². The molecule has 0 saturated carbocycles. The molecule has 27 heavy (non-hydrogen) atoms. The Hall–Kier alpha value is -2.78. The van der Waals surface area contributed by atoms with Gasteiger partial charge >= 0.3 is 0 Å². The van der Waals surface area contributed by atoms with Crippen molar-refractivity contribution in [3.05, 3.63) is 48.0 Å². The number of carbonyl (C=O) groups excluding carboxylic acids is 1. The highest BCUT2D eigenvalue weighted by atomic mass is 32.2. The second kappa shape index (κ2) is 9.24. The average Bonchev–Trinajstić information content (AvgIpc) is 2.61. The van der Waals surface area contributed by atoms with Gasteiger partial charge in [-0.25, -0.2) is 8.42 Å². The van der Waals surface area contributed by atoms with Crippen LogP contribution >= 0.6 is 0 Å². The number of nitrogens with one attached hydrogen (secondary N) is 2. The summed E-state index contributed by atoms with van der Waals surface area (Å²) < 4.78 is 40.8. The van der Waals surface area contributed by atoms with Gasteiger partial charge in [0.2, 0.25) is 10.0 Å². The van der Waals surface area contributed by atoms with Crippen molar-refractivity contribution in [1.82, 2.24) is 0 Å². The third-order valence-corrected chi connectivity index (χ3v) is 4.00. The van der Waals surface area contributed by atoms with Crippen LogP contribution in [-0.2, 0) is 14.8 Å². The molecule has 0 aliphatic heterocycles. The van der Waals surface area contributed by atoms with Crippen LogP contribution in [0.1, 0.15) is 10.4 Å². The van der Waals surface area contributed by atoms with Crippen molar-refractivity contribution in [2.24, 2.45) is 0 Å². The van der Waals surface area contributed by atoms with Gasteiger partial charge < -0.3 is 19.5 Å². The van der Waals surface area contributed by atoms with Gasteiger partial charge in [-0.1, -0.05) is 6.07 Å². The van der Waals surface area contributed by atoms with Gasteiger partial charge in [-0.15, -0.1) is 0 Å². The Morgan fingerprint density at radius 2 is 1.78 bits per heavy atom. The molecule has 1 amide bonds. The third kappa shape index (κ3) is 6.46. The van der Waals surface area contributed by atoms with E-state index in [2.05, 4.69) is 10.0 Å². The summed E-state index contributed by atoms with van der Waals surface area (Å²) in [6.45, 7) is 0.753. The minimum absolute atomic E-state index is 0.307. The molecule has 0 radical (unpaired) electrons. The van der Waals surface area contributed by atoms with Gasteiger partial charge in [0.15, 0.2) is 11.5 Å². The zero-order valence-corrected chi connectivity index (χ0v) is 16.1. The number of sulfonamides is 1. The van der Waals surface area contributed by atoms with Crippen molar-refractivity contribution in [3.8, 4) is 11.5 Å². The van der Waals surface area contributed by atoms with Crippen LogP contribution in [0.5, 0.6) is 11.5 Å². The lowest BCUT2D eigenvalue weighted by atomic mass is 10.2. The fourth-order valence-electron chi connectivity index (χ4n) is 2.24. The number of amides is 1. The van der Waals surface area contributed by atoms with Crippen LogP contribution in [0, 0.1) is 0 Å². The lowest BCUT2D eigenvalue weighted by molar-refractivity contribution is 0.102. The summed E-state index contributed by atoms with van der Waals surface area (Å²) in [5.74, 6) is 0.614. The average molecular weight is 394 g/mol. The SMILES string of the molecule is COCCOc1cc(NC(=O)c2cccc(NS(C)(=O)=O)c2)ccc1OC.